The van der Waals surface area contributed by atoms with Gasteiger partial charge < -0.3 is 4.74 Å². The van der Waals surface area contributed by atoms with Crippen molar-refractivity contribution < 1.29 is 14.3 Å². The zero-order valence-electron chi connectivity index (χ0n) is 21.6. The predicted octanol–water partition coefficient (Wildman–Crippen LogP) is 7.22. The Morgan fingerprint density at radius 3 is 2.38 bits per heavy atom. The molecule has 4 fully saturated rings. The topological polar surface area (TPSA) is 43.4 Å². The lowest BCUT2D eigenvalue weighted by Gasteiger charge is -2.60. The van der Waals surface area contributed by atoms with Gasteiger partial charge in [0, 0.05) is 19.3 Å². The monoisotopic (exact) mass is 444 g/mol. The number of ether oxygens (including phenoxy) is 1. The summed E-state index contributed by atoms with van der Waals surface area (Å²) in [5, 5.41) is 0. The van der Waals surface area contributed by atoms with Crippen molar-refractivity contribution in [3.8, 4) is 0 Å². The van der Waals surface area contributed by atoms with Crippen molar-refractivity contribution in [2.75, 3.05) is 0 Å². The predicted molar refractivity (Wildman–Crippen MR) is 129 cm³/mol. The number of ketones is 1. The summed E-state index contributed by atoms with van der Waals surface area (Å²) in [6.07, 6.45) is 12.9. The molecule has 0 amide bonds. The molecule has 0 aromatic rings. The van der Waals surface area contributed by atoms with E-state index in [1.807, 2.05) is 0 Å². The second-order valence-electron chi connectivity index (χ2n) is 13.1. The normalized spacial score (nSPS) is 44.5. The van der Waals surface area contributed by atoms with Crippen molar-refractivity contribution in [1.29, 1.82) is 0 Å². The number of hydrogen-bond acceptors (Lipinski definition) is 3. The molecule has 4 aliphatic carbocycles. The maximum absolute atomic E-state index is 13.5. The molecule has 0 bridgehead atoms. The van der Waals surface area contributed by atoms with Crippen LogP contribution in [0.2, 0.25) is 0 Å². The highest BCUT2D eigenvalue weighted by Gasteiger charge is 2.62. The molecule has 0 saturated heterocycles. The summed E-state index contributed by atoms with van der Waals surface area (Å²) in [7, 11) is 0. The molecule has 4 saturated carbocycles. The van der Waals surface area contributed by atoms with Crippen LogP contribution in [0.1, 0.15) is 112 Å². The Labute approximate surface area is 196 Å². The smallest absolute Gasteiger partial charge is 0.302 e. The second-order valence-corrected chi connectivity index (χ2v) is 13.1. The SMILES string of the molecule is CC(=O)O[C@H]1CC[C@@]2(C)[C@H](C1)C(=O)C[C@H]1[C@H]2CC[C@]2(C)[C@@H]1CC[C@H]2[C@H](C)CCCC(C)C. The van der Waals surface area contributed by atoms with Crippen LogP contribution in [-0.4, -0.2) is 17.9 Å². The highest BCUT2D eigenvalue weighted by Crippen LogP contribution is 2.68. The average Bonchev–Trinajstić information content (AvgIpc) is 3.06. The molecule has 32 heavy (non-hydrogen) atoms. The molecule has 0 N–H and O–H groups in total. The Hall–Kier alpha value is -0.860. The minimum Gasteiger partial charge on any atom is -0.463 e. The van der Waals surface area contributed by atoms with Gasteiger partial charge >= 0.3 is 5.97 Å². The molecule has 3 nitrogen and oxygen atoms in total. The molecule has 182 valence electrons. The van der Waals surface area contributed by atoms with Gasteiger partial charge in [0.05, 0.1) is 0 Å². The Kier molecular flexibility index (Phi) is 6.87. The molecule has 0 aliphatic heterocycles. The first-order valence-electron chi connectivity index (χ1n) is 13.8. The van der Waals surface area contributed by atoms with Gasteiger partial charge in [-0.2, -0.15) is 0 Å². The Bertz CT molecular complexity index is 713. The molecule has 0 spiro atoms. The molecule has 4 rings (SSSR count). The third-order valence-electron chi connectivity index (χ3n) is 10.9. The van der Waals surface area contributed by atoms with Crippen molar-refractivity contribution in [1.82, 2.24) is 0 Å². The third-order valence-corrected chi connectivity index (χ3v) is 10.9. The van der Waals surface area contributed by atoms with E-state index in [-0.39, 0.29) is 23.4 Å². The third kappa shape index (κ3) is 4.20. The minimum absolute atomic E-state index is 0.0533. The highest BCUT2D eigenvalue weighted by molar-refractivity contribution is 5.83. The van der Waals surface area contributed by atoms with E-state index in [0.717, 1.165) is 49.4 Å². The number of rotatable bonds is 6. The molecule has 0 heterocycles. The second kappa shape index (κ2) is 9.06. The van der Waals surface area contributed by atoms with Crippen LogP contribution in [0.25, 0.3) is 0 Å². The van der Waals surface area contributed by atoms with E-state index in [1.165, 1.54) is 51.9 Å². The van der Waals surface area contributed by atoms with E-state index in [0.29, 0.717) is 23.0 Å². The number of carbonyl (C=O) groups is 2. The van der Waals surface area contributed by atoms with E-state index in [2.05, 4.69) is 34.6 Å². The zero-order valence-corrected chi connectivity index (χ0v) is 21.6. The summed E-state index contributed by atoms with van der Waals surface area (Å²) in [4.78, 5) is 25.0. The quantitative estimate of drug-likeness (QED) is 0.406. The van der Waals surface area contributed by atoms with E-state index >= 15 is 0 Å². The lowest BCUT2D eigenvalue weighted by Crippen LogP contribution is -2.57. The summed E-state index contributed by atoms with van der Waals surface area (Å²) >= 11 is 0. The zero-order chi connectivity index (χ0) is 23.3. The van der Waals surface area contributed by atoms with Crippen LogP contribution >= 0.6 is 0 Å². The van der Waals surface area contributed by atoms with Gasteiger partial charge in [0.2, 0.25) is 0 Å². The number of hydrogen-bond donors (Lipinski definition) is 0. The molecule has 0 aromatic carbocycles. The van der Waals surface area contributed by atoms with Gasteiger partial charge in [-0.25, -0.2) is 0 Å². The van der Waals surface area contributed by atoms with Crippen LogP contribution < -0.4 is 0 Å². The van der Waals surface area contributed by atoms with Crippen LogP contribution in [0.15, 0.2) is 0 Å². The van der Waals surface area contributed by atoms with Gasteiger partial charge in [-0.1, -0.05) is 53.9 Å². The maximum Gasteiger partial charge on any atom is 0.302 e. The van der Waals surface area contributed by atoms with Gasteiger partial charge in [-0.3, -0.25) is 9.59 Å². The molecule has 9 atom stereocenters. The molecule has 0 radical (unpaired) electrons. The number of fused-ring (bicyclic) bond motifs is 5. The van der Waals surface area contributed by atoms with Crippen molar-refractivity contribution in [2.24, 2.45) is 52.3 Å². The van der Waals surface area contributed by atoms with Crippen molar-refractivity contribution >= 4 is 11.8 Å². The fraction of sp³-hybridized carbons (Fsp3) is 0.931. The lowest BCUT2D eigenvalue weighted by atomic mass is 9.44. The first kappa shape index (κ1) is 24.3. The van der Waals surface area contributed by atoms with Crippen molar-refractivity contribution in [3.05, 3.63) is 0 Å². The summed E-state index contributed by atoms with van der Waals surface area (Å²) < 4.78 is 5.55. The van der Waals surface area contributed by atoms with Crippen molar-refractivity contribution in [2.45, 2.75) is 118 Å². The maximum atomic E-state index is 13.5. The summed E-state index contributed by atoms with van der Waals surface area (Å²) in [6, 6.07) is 0. The molecular formula is C29H48O3. The fourth-order valence-corrected chi connectivity index (χ4v) is 9.37. The summed E-state index contributed by atoms with van der Waals surface area (Å²) in [6.45, 7) is 13.7. The highest BCUT2D eigenvalue weighted by atomic mass is 16.5. The average molecular weight is 445 g/mol. The number of carbonyl (C=O) groups excluding carboxylic acids is 2. The molecule has 3 heteroatoms. The van der Waals surface area contributed by atoms with Crippen molar-refractivity contribution in [3.63, 3.8) is 0 Å². The Morgan fingerprint density at radius 1 is 1.00 bits per heavy atom. The molecular weight excluding hydrogens is 396 g/mol. The van der Waals surface area contributed by atoms with E-state index in [1.54, 1.807) is 0 Å². The largest absolute Gasteiger partial charge is 0.463 e. The first-order valence-corrected chi connectivity index (χ1v) is 13.8. The van der Waals surface area contributed by atoms with Gasteiger partial charge in [0.25, 0.3) is 0 Å². The van der Waals surface area contributed by atoms with Gasteiger partial charge in [0.15, 0.2) is 0 Å². The number of Topliss-reactive ketones (excluding diaryl/α,β-unsaturated/α-hetero) is 1. The first-order chi connectivity index (χ1) is 15.1. The summed E-state index contributed by atoms with van der Waals surface area (Å²) in [5.74, 6) is 4.81. The van der Waals surface area contributed by atoms with Gasteiger partial charge in [-0.05, 0) is 91.3 Å². The van der Waals surface area contributed by atoms with E-state index in [4.69, 9.17) is 4.74 Å². The van der Waals surface area contributed by atoms with Crippen LogP contribution in [-0.2, 0) is 14.3 Å². The van der Waals surface area contributed by atoms with E-state index < -0.39 is 0 Å². The van der Waals surface area contributed by atoms with Gasteiger partial charge in [-0.15, -0.1) is 0 Å². The molecule has 0 aromatic heterocycles. The lowest BCUT2D eigenvalue weighted by molar-refractivity contribution is -0.169. The standard InChI is InChI=1S/C29H48O3/c1-18(2)8-7-9-19(3)23-10-11-24-22-17-27(31)26-16-21(32-20(4)30)12-14-29(26,6)25(22)13-15-28(23,24)5/h18-19,21-26H,7-17H2,1-6H3/t19-,21+,22-,23+,24-,25-,26-,28+,29-/m1/s1. The Morgan fingerprint density at radius 2 is 1.69 bits per heavy atom. The minimum atomic E-state index is -0.201. The van der Waals surface area contributed by atoms with Gasteiger partial charge in [0.1, 0.15) is 11.9 Å². The molecule has 0 unspecified atom stereocenters. The number of esters is 1. The van der Waals surface area contributed by atoms with Crippen LogP contribution in [0, 0.1) is 52.3 Å². The fourth-order valence-electron chi connectivity index (χ4n) is 9.37. The summed E-state index contributed by atoms with van der Waals surface area (Å²) in [5.41, 5.74) is 0.537. The Balaban J connectivity index is 1.48. The van der Waals surface area contributed by atoms with Crippen LogP contribution in [0.3, 0.4) is 0 Å². The van der Waals surface area contributed by atoms with E-state index in [9.17, 15) is 9.59 Å². The van der Waals surface area contributed by atoms with Crippen LogP contribution in [0.5, 0.6) is 0 Å². The molecule has 4 aliphatic rings. The van der Waals surface area contributed by atoms with Crippen LogP contribution in [0.4, 0.5) is 0 Å².